The summed E-state index contributed by atoms with van der Waals surface area (Å²) in [5.74, 6) is 0.0213. The van der Waals surface area contributed by atoms with Gasteiger partial charge in [0.2, 0.25) is 0 Å². The minimum Gasteiger partial charge on any atom is -0.391 e. The molecular formula is C24H32N4O2. The van der Waals surface area contributed by atoms with E-state index in [2.05, 4.69) is 39.5 Å². The summed E-state index contributed by atoms with van der Waals surface area (Å²) in [6, 6.07) is 14.6. The van der Waals surface area contributed by atoms with E-state index >= 15 is 0 Å². The van der Waals surface area contributed by atoms with Gasteiger partial charge in [0.25, 0.3) is 5.91 Å². The molecule has 2 fully saturated rings. The minimum absolute atomic E-state index is 0.0213. The molecule has 0 spiro atoms. The molecule has 1 aromatic heterocycles. The number of nitrogens with one attached hydrogen (secondary N) is 1. The minimum atomic E-state index is -0.390. The summed E-state index contributed by atoms with van der Waals surface area (Å²) in [7, 11) is 0. The molecule has 1 amide bonds. The number of likely N-dealkylation sites (tertiary alicyclic amines) is 1. The fraction of sp³-hybridized carbons (Fsp3) is 0.500. The van der Waals surface area contributed by atoms with Crippen LogP contribution in [-0.2, 0) is 6.54 Å². The van der Waals surface area contributed by atoms with Crippen molar-refractivity contribution in [3.63, 3.8) is 0 Å². The average molecular weight is 409 g/mol. The van der Waals surface area contributed by atoms with Crippen LogP contribution >= 0.6 is 0 Å². The van der Waals surface area contributed by atoms with Gasteiger partial charge in [-0.25, -0.2) is 0 Å². The normalized spacial score (nSPS) is 20.4. The summed E-state index contributed by atoms with van der Waals surface area (Å²) < 4.78 is 0. The van der Waals surface area contributed by atoms with E-state index in [1.807, 2.05) is 25.1 Å². The van der Waals surface area contributed by atoms with Gasteiger partial charge in [-0.2, -0.15) is 0 Å². The van der Waals surface area contributed by atoms with Gasteiger partial charge >= 0.3 is 0 Å². The van der Waals surface area contributed by atoms with Gasteiger partial charge in [-0.15, -0.1) is 0 Å². The number of pyridine rings is 1. The van der Waals surface area contributed by atoms with Crippen LogP contribution in [0.1, 0.15) is 47.4 Å². The number of aromatic nitrogens is 1. The molecule has 0 aliphatic carbocycles. The maximum atomic E-state index is 12.7. The second kappa shape index (κ2) is 9.58. The number of amides is 1. The fourth-order valence-electron chi connectivity index (χ4n) is 4.43. The Morgan fingerprint density at radius 3 is 2.57 bits per heavy atom. The van der Waals surface area contributed by atoms with Crippen LogP contribution in [0.3, 0.4) is 0 Å². The Kier molecular flexibility index (Phi) is 6.65. The van der Waals surface area contributed by atoms with Crippen LogP contribution in [0.4, 0.5) is 5.69 Å². The molecule has 1 atom stereocenters. The number of carbonyl (C=O) groups excluding carboxylic acids is 1. The topological polar surface area (TPSA) is 68.7 Å². The summed E-state index contributed by atoms with van der Waals surface area (Å²) in [6.07, 6.45) is 3.46. The van der Waals surface area contributed by atoms with Crippen molar-refractivity contribution in [3.8, 4) is 0 Å². The number of benzene rings is 1. The van der Waals surface area contributed by atoms with Gasteiger partial charge < -0.3 is 20.2 Å². The summed E-state index contributed by atoms with van der Waals surface area (Å²) >= 11 is 0. The quantitative estimate of drug-likeness (QED) is 0.796. The number of aliphatic hydroxyl groups is 1. The Balaban J connectivity index is 1.27. The molecule has 2 aliphatic heterocycles. The first kappa shape index (κ1) is 20.8. The highest BCUT2D eigenvalue weighted by atomic mass is 16.3. The highest BCUT2D eigenvalue weighted by Crippen LogP contribution is 2.22. The predicted molar refractivity (Wildman–Crippen MR) is 119 cm³/mol. The van der Waals surface area contributed by atoms with Crippen LogP contribution in [-0.4, -0.2) is 59.2 Å². The number of rotatable bonds is 5. The van der Waals surface area contributed by atoms with Gasteiger partial charge in [0.15, 0.2) is 0 Å². The van der Waals surface area contributed by atoms with Crippen molar-refractivity contribution in [1.82, 2.24) is 15.2 Å². The van der Waals surface area contributed by atoms with E-state index in [1.165, 1.54) is 5.69 Å². The Hall–Kier alpha value is -2.44. The van der Waals surface area contributed by atoms with Crippen molar-refractivity contribution in [2.75, 3.05) is 31.1 Å². The van der Waals surface area contributed by atoms with Gasteiger partial charge in [0.05, 0.1) is 11.8 Å². The lowest BCUT2D eigenvalue weighted by Crippen LogP contribution is -2.42. The lowest BCUT2D eigenvalue weighted by atomic mass is 10.0. The molecule has 1 unspecified atom stereocenters. The van der Waals surface area contributed by atoms with E-state index in [0.717, 1.165) is 63.3 Å². The average Bonchev–Trinajstić information content (AvgIpc) is 2.78. The van der Waals surface area contributed by atoms with Crippen molar-refractivity contribution in [3.05, 3.63) is 59.4 Å². The van der Waals surface area contributed by atoms with Crippen molar-refractivity contribution in [1.29, 1.82) is 0 Å². The molecule has 2 saturated heterocycles. The molecule has 1 aromatic carbocycles. The fourth-order valence-corrected chi connectivity index (χ4v) is 4.43. The first-order valence-corrected chi connectivity index (χ1v) is 11.1. The second-order valence-corrected chi connectivity index (χ2v) is 8.51. The van der Waals surface area contributed by atoms with Crippen LogP contribution in [0, 0.1) is 6.92 Å². The zero-order valence-electron chi connectivity index (χ0n) is 17.8. The molecule has 160 valence electrons. The smallest absolute Gasteiger partial charge is 0.253 e. The monoisotopic (exact) mass is 408 g/mol. The zero-order valence-corrected chi connectivity index (χ0v) is 17.8. The third-order valence-electron chi connectivity index (χ3n) is 6.18. The highest BCUT2D eigenvalue weighted by Gasteiger charge is 2.24. The summed E-state index contributed by atoms with van der Waals surface area (Å²) in [5, 5.41) is 13.5. The summed E-state index contributed by atoms with van der Waals surface area (Å²) in [4.78, 5) is 21.4. The van der Waals surface area contributed by atoms with Gasteiger partial charge in [-0.1, -0.05) is 6.07 Å². The molecule has 30 heavy (non-hydrogen) atoms. The van der Waals surface area contributed by atoms with Crippen molar-refractivity contribution in [2.24, 2.45) is 0 Å². The number of aliphatic hydroxyl groups excluding tert-OH is 1. The maximum absolute atomic E-state index is 12.7. The maximum Gasteiger partial charge on any atom is 0.253 e. The van der Waals surface area contributed by atoms with Gasteiger partial charge in [-0.05, 0) is 69.0 Å². The molecule has 6 nitrogen and oxygen atoms in total. The van der Waals surface area contributed by atoms with E-state index < -0.39 is 6.10 Å². The Morgan fingerprint density at radius 1 is 1.10 bits per heavy atom. The molecule has 0 radical (unpaired) electrons. The number of nitrogens with zero attached hydrogens (tertiary/aromatic N) is 3. The van der Waals surface area contributed by atoms with E-state index in [4.69, 9.17) is 0 Å². The predicted octanol–water partition coefficient (Wildman–Crippen LogP) is 2.75. The number of aryl methyl sites for hydroxylation is 1. The molecule has 0 bridgehead atoms. The van der Waals surface area contributed by atoms with Gasteiger partial charge in [-0.3, -0.25) is 9.78 Å². The van der Waals surface area contributed by atoms with Crippen LogP contribution in [0.2, 0.25) is 0 Å². The lowest BCUT2D eigenvalue weighted by molar-refractivity contribution is 0.0474. The number of anilines is 1. The second-order valence-electron chi connectivity index (χ2n) is 8.51. The van der Waals surface area contributed by atoms with Crippen molar-refractivity contribution >= 4 is 11.6 Å². The number of piperidine rings is 2. The zero-order chi connectivity index (χ0) is 20.9. The standard InChI is InChI=1S/C24H32N4O2/c1-18-4-2-5-21(26-18)16-25-20-11-14-27(15-12-20)22-9-7-19(8-10-22)24(30)28-13-3-6-23(29)17-28/h2,4-5,7-10,20,23,25,29H,3,6,11-17H2,1H3. The van der Waals surface area contributed by atoms with E-state index in [9.17, 15) is 9.90 Å². The molecule has 6 heteroatoms. The van der Waals surface area contributed by atoms with Crippen LogP contribution in [0.15, 0.2) is 42.5 Å². The number of hydrogen-bond acceptors (Lipinski definition) is 5. The Labute approximate surface area is 178 Å². The van der Waals surface area contributed by atoms with Gasteiger partial charge in [0.1, 0.15) is 0 Å². The van der Waals surface area contributed by atoms with Crippen LogP contribution in [0.5, 0.6) is 0 Å². The van der Waals surface area contributed by atoms with Crippen LogP contribution in [0.25, 0.3) is 0 Å². The molecule has 3 heterocycles. The SMILES string of the molecule is Cc1cccc(CNC2CCN(c3ccc(C(=O)N4CCCC(O)C4)cc3)CC2)n1. The van der Waals surface area contributed by atoms with Gasteiger partial charge in [0, 0.05) is 55.7 Å². The van der Waals surface area contributed by atoms with E-state index in [-0.39, 0.29) is 5.91 Å². The molecule has 2 N–H and O–H groups in total. The first-order chi connectivity index (χ1) is 14.6. The number of β-amino-alcohol motifs (C(OH)–C–C–N with tert-alkyl or cyclic N) is 1. The summed E-state index contributed by atoms with van der Waals surface area (Å²) in [6.45, 7) is 6.02. The molecule has 2 aliphatic rings. The summed E-state index contributed by atoms with van der Waals surface area (Å²) in [5.41, 5.74) is 4.03. The number of hydrogen-bond donors (Lipinski definition) is 2. The molecule has 0 saturated carbocycles. The Morgan fingerprint density at radius 2 is 1.87 bits per heavy atom. The van der Waals surface area contributed by atoms with Crippen molar-refractivity contribution in [2.45, 2.75) is 51.3 Å². The molecule has 4 rings (SSSR count). The Bertz CT molecular complexity index is 847. The lowest BCUT2D eigenvalue weighted by Gasteiger charge is -2.34. The highest BCUT2D eigenvalue weighted by molar-refractivity contribution is 5.94. The number of carbonyl (C=O) groups is 1. The van der Waals surface area contributed by atoms with Crippen molar-refractivity contribution < 1.29 is 9.90 Å². The molecular weight excluding hydrogens is 376 g/mol. The third-order valence-corrected chi connectivity index (χ3v) is 6.18. The molecule has 2 aromatic rings. The third kappa shape index (κ3) is 5.18. The van der Waals surface area contributed by atoms with E-state index in [1.54, 1.807) is 4.90 Å². The largest absolute Gasteiger partial charge is 0.391 e. The first-order valence-electron chi connectivity index (χ1n) is 11.1. The van der Waals surface area contributed by atoms with Crippen LogP contribution < -0.4 is 10.2 Å². The van der Waals surface area contributed by atoms with E-state index in [0.29, 0.717) is 18.2 Å².